The van der Waals surface area contributed by atoms with E-state index in [2.05, 4.69) is 0 Å². The second-order valence-electron chi connectivity index (χ2n) is 7.49. The summed E-state index contributed by atoms with van der Waals surface area (Å²) in [5, 5.41) is 0. The van der Waals surface area contributed by atoms with E-state index in [-0.39, 0.29) is 17.3 Å². The Bertz CT molecular complexity index is 1040. The molecule has 1 atom stereocenters. The van der Waals surface area contributed by atoms with Gasteiger partial charge in [-0.25, -0.2) is 8.42 Å². The number of hydrogen-bond acceptors (Lipinski definition) is 6. The van der Waals surface area contributed by atoms with Crippen LogP contribution >= 0.6 is 0 Å². The number of para-hydroxylation sites is 1. The van der Waals surface area contributed by atoms with E-state index >= 15 is 0 Å². The van der Waals surface area contributed by atoms with Crippen LogP contribution in [0.15, 0.2) is 53.4 Å². The highest BCUT2D eigenvalue weighted by Gasteiger charge is 2.29. The predicted molar refractivity (Wildman–Crippen MR) is 109 cm³/mol. The number of Topliss-reactive ketones (excluding diaryl/α,β-unsaturated/α-hetero) is 1. The number of esters is 1. The molecule has 1 saturated heterocycles. The average molecular weight is 429 g/mol. The lowest BCUT2D eigenvalue weighted by Gasteiger charge is -2.23. The van der Waals surface area contributed by atoms with Gasteiger partial charge in [-0.2, -0.15) is 4.31 Å². The van der Waals surface area contributed by atoms with E-state index in [0.29, 0.717) is 25.1 Å². The number of hydrogen-bond donors (Lipinski definition) is 0. The third-order valence-electron chi connectivity index (χ3n) is 5.44. The number of sulfonamides is 1. The molecule has 0 amide bonds. The van der Waals surface area contributed by atoms with Crippen LogP contribution in [0, 0.1) is 5.92 Å². The van der Waals surface area contributed by atoms with E-state index in [1.165, 1.54) is 28.6 Å². The molecule has 2 aliphatic rings. The van der Waals surface area contributed by atoms with Gasteiger partial charge in [-0.3, -0.25) is 9.59 Å². The van der Waals surface area contributed by atoms with Crippen LogP contribution in [0.25, 0.3) is 0 Å². The molecule has 0 bridgehead atoms. The first-order chi connectivity index (χ1) is 14.4. The Morgan fingerprint density at radius 3 is 2.47 bits per heavy atom. The van der Waals surface area contributed by atoms with Gasteiger partial charge in [0.1, 0.15) is 12.4 Å². The third kappa shape index (κ3) is 4.24. The maximum Gasteiger partial charge on any atom is 0.313 e. The molecule has 2 aliphatic heterocycles. The molecule has 7 nitrogen and oxygen atoms in total. The van der Waals surface area contributed by atoms with E-state index in [0.717, 1.165) is 24.2 Å². The van der Waals surface area contributed by atoms with Crippen molar-refractivity contribution >= 4 is 21.8 Å². The molecule has 158 valence electrons. The number of rotatable bonds is 6. The quantitative estimate of drug-likeness (QED) is 0.518. The summed E-state index contributed by atoms with van der Waals surface area (Å²) in [4.78, 5) is 24.9. The second kappa shape index (κ2) is 8.57. The van der Waals surface area contributed by atoms with Crippen molar-refractivity contribution in [3.63, 3.8) is 0 Å². The summed E-state index contributed by atoms with van der Waals surface area (Å²) in [6.07, 6.45) is 2.23. The smallest absolute Gasteiger partial charge is 0.313 e. The molecule has 2 heterocycles. The lowest BCUT2D eigenvalue weighted by Crippen LogP contribution is -2.31. The number of ketones is 1. The minimum Gasteiger partial charge on any atom is -0.492 e. The summed E-state index contributed by atoms with van der Waals surface area (Å²) in [6, 6.07) is 13.3. The Balaban J connectivity index is 1.33. The number of ether oxygens (including phenoxy) is 2. The number of carbonyl (C=O) groups is 2. The largest absolute Gasteiger partial charge is 0.492 e. The van der Waals surface area contributed by atoms with Crippen molar-refractivity contribution in [1.82, 2.24) is 4.31 Å². The first-order valence-electron chi connectivity index (χ1n) is 9.96. The number of nitrogens with zero attached hydrogens (tertiary/aromatic N) is 1. The molecule has 0 saturated carbocycles. The average Bonchev–Trinajstić information content (AvgIpc) is 3.33. The Labute approximate surface area is 175 Å². The van der Waals surface area contributed by atoms with Crippen molar-refractivity contribution in [2.75, 3.05) is 26.3 Å². The molecule has 0 aromatic heterocycles. The van der Waals surface area contributed by atoms with Gasteiger partial charge >= 0.3 is 5.97 Å². The Morgan fingerprint density at radius 1 is 1.03 bits per heavy atom. The SMILES string of the molecule is O=C(COC(=O)C1COc2ccccc2C1)c1ccc(S(=O)(=O)N2CCCC2)cc1. The maximum atomic E-state index is 12.6. The highest BCUT2D eigenvalue weighted by atomic mass is 32.2. The first-order valence-corrected chi connectivity index (χ1v) is 11.4. The van der Waals surface area contributed by atoms with Crippen molar-refractivity contribution in [3.05, 3.63) is 59.7 Å². The van der Waals surface area contributed by atoms with Crippen molar-refractivity contribution < 1.29 is 27.5 Å². The lowest BCUT2D eigenvalue weighted by atomic mass is 9.97. The van der Waals surface area contributed by atoms with Gasteiger partial charge in [0.25, 0.3) is 0 Å². The van der Waals surface area contributed by atoms with Gasteiger partial charge in [0.15, 0.2) is 12.4 Å². The van der Waals surface area contributed by atoms with Gasteiger partial charge in [0.2, 0.25) is 10.0 Å². The Kier molecular flexibility index (Phi) is 5.87. The van der Waals surface area contributed by atoms with E-state index in [1.807, 2.05) is 24.3 Å². The topological polar surface area (TPSA) is 90.0 Å². The van der Waals surface area contributed by atoms with Crippen LogP contribution in [0.2, 0.25) is 0 Å². The summed E-state index contributed by atoms with van der Waals surface area (Å²) < 4.78 is 37.3. The van der Waals surface area contributed by atoms with E-state index in [4.69, 9.17) is 9.47 Å². The maximum absolute atomic E-state index is 12.6. The van der Waals surface area contributed by atoms with Gasteiger partial charge in [-0.1, -0.05) is 18.2 Å². The molecule has 1 fully saturated rings. The van der Waals surface area contributed by atoms with Crippen molar-refractivity contribution in [2.24, 2.45) is 5.92 Å². The summed E-state index contributed by atoms with van der Waals surface area (Å²) in [5.74, 6) is -0.557. The van der Waals surface area contributed by atoms with E-state index < -0.39 is 28.5 Å². The zero-order chi connectivity index (χ0) is 21.1. The molecule has 4 rings (SSSR count). The van der Waals surface area contributed by atoms with Crippen LogP contribution in [0.1, 0.15) is 28.8 Å². The van der Waals surface area contributed by atoms with Crippen LogP contribution in [-0.4, -0.2) is 50.8 Å². The van der Waals surface area contributed by atoms with Crippen molar-refractivity contribution in [3.8, 4) is 5.75 Å². The first kappa shape index (κ1) is 20.6. The molecular formula is C22H23NO6S. The zero-order valence-corrected chi connectivity index (χ0v) is 17.3. The lowest BCUT2D eigenvalue weighted by molar-refractivity contribution is -0.148. The van der Waals surface area contributed by atoms with Crippen LogP contribution in [0.5, 0.6) is 5.75 Å². The van der Waals surface area contributed by atoms with Gasteiger partial charge in [0, 0.05) is 18.7 Å². The van der Waals surface area contributed by atoms with Crippen LogP contribution in [0.3, 0.4) is 0 Å². The molecule has 2 aromatic rings. The molecular weight excluding hydrogens is 406 g/mol. The van der Waals surface area contributed by atoms with Crippen LogP contribution in [-0.2, 0) is 26.0 Å². The number of carbonyl (C=O) groups excluding carboxylic acids is 2. The van der Waals surface area contributed by atoms with E-state index in [9.17, 15) is 18.0 Å². The Morgan fingerprint density at radius 2 is 1.73 bits per heavy atom. The van der Waals surface area contributed by atoms with Crippen molar-refractivity contribution in [2.45, 2.75) is 24.2 Å². The fourth-order valence-electron chi connectivity index (χ4n) is 3.71. The standard InChI is InChI=1S/C22H23NO6S/c24-20(15-29-22(25)18-13-17-5-1-2-6-21(17)28-14-18)16-7-9-19(10-8-16)30(26,27)23-11-3-4-12-23/h1-2,5-10,18H,3-4,11-15H2. The van der Waals surface area contributed by atoms with Gasteiger partial charge in [-0.15, -0.1) is 0 Å². The highest BCUT2D eigenvalue weighted by Crippen LogP contribution is 2.27. The molecule has 30 heavy (non-hydrogen) atoms. The molecule has 0 N–H and O–H groups in total. The molecule has 8 heteroatoms. The second-order valence-corrected chi connectivity index (χ2v) is 9.42. The normalized spacial score (nSPS) is 19.0. The highest BCUT2D eigenvalue weighted by molar-refractivity contribution is 7.89. The van der Waals surface area contributed by atoms with Gasteiger partial charge in [0.05, 0.1) is 10.8 Å². The van der Waals surface area contributed by atoms with E-state index in [1.54, 1.807) is 0 Å². The van der Waals surface area contributed by atoms with Crippen LogP contribution in [0.4, 0.5) is 0 Å². The minimum absolute atomic E-state index is 0.163. The summed E-state index contributed by atoms with van der Waals surface area (Å²) in [5.41, 5.74) is 1.24. The van der Waals surface area contributed by atoms with Crippen LogP contribution < -0.4 is 4.74 Å². The molecule has 1 unspecified atom stereocenters. The molecule has 0 aliphatic carbocycles. The molecule has 0 spiro atoms. The molecule has 2 aromatic carbocycles. The van der Waals surface area contributed by atoms with Crippen molar-refractivity contribution in [1.29, 1.82) is 0 Å². The predicted octanol–water partition coefficient (Wildman–Crippen LogP) is 2.45. The number of fused-ring (bicyclic) bond motifs is 1. The summed E-state index contributed by atoms with van der Waals surface area (Å²) >= 11 is 0. The zero-order valence-electron chi connectivity index (χ0n) is 16.5. The van der Waals surface area contributed by atoms with Gasteiger partial charge < -0.3 is 9.47 Å². The summed E-state index contributed by atoms with van der Waals surface area (Å²) in [6.45, 7) is 0.866. The fraction of sp³-hybridized carbons (Fsp3) is 0.364. The third-order valence-corrected chi connectivity index (χ3v) is 7.35. The van der Waals surface area contributed by atoms with Gasteiger partial charge in [-0.05, 0) is 55.2 Å². The fourth-order valence-corrected chi connectivity index (χ4v) is 5.22. The minimum atomic E-state index is -3.52. The summed E-state index contributed by atoms with van der Waals surface area (Å²) in [7, 11) is -3.52. The molecule has 0 radical (unpaired) electrons. The Hall–Kier alpha value is -2.71. The monoisotopic (exact) mass is 429 g/mol. The number of benzene rings is 2.